The molecule has 0 aliphatic carbocycles. The maximum atomic E-state index is 5.90. The highest BCUT2D eigenvalue weighted by Gasteiger charge is 2.10. The molecule has 17 heavy (non-hydrogen) atoms. The van der Waals surface area contributed by atoms with Gasteiger partial charge in [-0.3, -0.25) is 0 Å². The zero-order valence-electron chi connectivity index (χ0n) is 9.25. The number of hydrogen-bond acceptors (Lipinski definition) is 4. The zero-order valence-corrected chi connectivity index (χ0v) is 11.6. The average molecular weight is 289 g/mol. The van der Waals surface area contributed by atoms with Crippen LogP contribution in [-0.2, 0) is 0 Å². The molecule has 2 rings (SSSR count). The van der Waals surface area contributed by atoms with Crippen LogP contribution in [0.4, 0.5) is 5.69 Å². The minimum Gasteiger partial charge on any atom is -0.429 e. The molecule has 0 aliphatic rings. The first-order chi connectivity index (χ1) is 7.97. The van der Waals surface area contributed by atoms with Crippen LogP contribution in [0.3, 0.4) is 0 Å². The Labute approximate surface area is 113 Å². The van der Waals surface area contributed by atoms with Crippen LogP contribution in [0.15, 0.2) is 12.1 Å². The molecule has 2 N–H and O–H groups in total. The number of anilines is 1. The summed E-state index contributed by atoms with van der Waals surface area (Å²) >= 11 is 13.2. The smallest absolute Gasteiger partial charge is 0.279 e. The van der Waals surface area contributed by atoms with E-state index in [4.69, 9.17) is 33.7 Å². The highest BCUT2D eigenvalue weighted by molar-refractivity contribution is 7.13. The largest absolute Gasteiger partial charge is 0.429 e. The van der Waals surface area contributed by atoms with Gasteiger partial charge in [0.25, 0.3) is 5.19 Å². The fourth-order valence-electron chi connectivity index (χ4n) is 1.21. The number of halogens is 2. The second kappa shape index (κ2) is 4.72. The highest BCUT2D eigenvalue weighted by atomic mass is 35.5. The number of nitrogens with two attached hydrogens (primary N) is 1. The third-order valence-corrected chi connectivity index (χ3v) is 3.93. The molecule has 3 nitrogen and oxygen atoms in total. The van der Waals surface area contributed by atoms with Crippen LogP contribution in [0.2, 0.25) is 10.0 Å². The Morgan fingerprint density at radius 3 is 2.47 bits per heavy atom. The summed E-state index contributed by atoms with van der Waals surface area (Å²) < 4.78 is 5.59. The fraction of sp³-hybridized carbons (Fsp3) is 0.182. The van der Waals surface area contributed by atoms with Gasteiger partial charge in [0.15, 0.2) is 5.75 Å². The van der Waals surface area contributed by atoms with Crippen LogP contribution in [0.25, 0.3) is 0 Å². The molecule has 0 saturated carbocycles. The van der Waals surface area contributed by atoms with Crippen molar-refractivity contribution in [2.24, 2.45) is 0 Å². The molecule has 0 bridgehead atoms. The molecule has 2 aromatic rings. The minimum atomic E-state index is 0.404. The van der Waals surface area contributed by atoms with E-state index in [9.17, 15) is 0 Å². The number of hydrogen-bond donors (Lipinski definition) is 1. The molecule has 1 heterocycles. The van der Waals surface area contributed by atoms with Crippen molar-refractivity contribution in [1.82, 2.24) is 4.98 Å². The summed E-state index contributed by atoms with van der Waals surface area (Å²) in [5.41, 5.74) is 7.17. The molecule has 0 radical (unpaired) electrons. The molecule has 90 valence electrons. The van der Waals surface area contributed by atoms with E-state index in [1.807, 2.05) is 13.8 Å². The zero-order chi connectivity index (χ0) is 12.6. The van der Waals surface area contributed by atoms with Gasteiger partial charge in [0.2, 0.25) is 0 Å². The molecule has 0 atom stereocenters. The number of benzene rings is 1. The standard InChI is InChI=1S/C11H10Cl2N2OS/c1-5-6(2)17-11(15-5)16-10-4-8(13)7(12)3-9(10)14/h3-4H,14H2,1-2H3. The lowest BCUT2D eigenvalue weighted by atomic mass is 10.3. The summed E-state index contributed by atoms with van der Waals surface area (Å²) in [6.07, 6.45) is 0. The SMILES string of the molecule is Cc1nc(Oc2cc(Cl)c(Cl)cc2N)sc1C. The maximum absolute atomic E-state index is 5.90. The van der Waals surface area contributed by atoms with E-state index in [0.29, 0.717) is 26.7 Å². The summed E-state index contributed by atoms with van der Waals surface area (Å²) in [4.78, 5) is 5.37. The number of nitrogens with zero attached hydrogens (tertiary/aromatic N) is 1. The monoisotopic (exact) mass is 288 g/mol. The molecule has 0 spiro atoms. The topological polar surface area (TPSA) is 48.1 Å². The normalized spacial score (nSPS) is 10.6. The van der Waals surface area contributed by atoms with Crippen molar-refractivity contribution < 1.29 is 4.74 Å². The van der Waals surface area contributed by atoms with Crippen LogP contribution < -0.4 is 10.5 Å². The van der Waals surface area contributed by atoms with Crippen molar-refractivity contribution in [2.75, 3.05) is 5.73 Å². The van der Waals surface area contributed by atoms with Crippen LogP contribution >= 0.6 is 34.5 Å². The van der Waals surface area contributed by atoms with E-state index in [1.165, 1.54) is 11.3 Å². The molecule has 6 heteroatoms. The third kappa shape index (κ3) is 2.65. The minimum absolute atomic E-state index is 0.404. The van der Waals surface area contributed by atoms with Crippen LogP contribution in [0.5, 0.6) is 10.9 Å². The molecule has 0 amide bonds. The molecule has 0 saturated heterocycles. The summed E-state index contributed by atoms with van der Waals surface area (Å²) in [6, 6.07) is 3.15. The number of aryl methyl sites for hydroxylation is 2. The summed E-state index contributed by atoms with van der Waals surface area (Å²) in [5, 5.41) is 1.36. The van der Waals surface area contributed by atoms with Gasteiger partial charge in [-0.25, -0.2) is 4.98 Å². The van der Waals surface area contributed by atoms with Crippen LogP contribution in [0.1, 0.15) is 10.6 Å². The lowest BCUT2D eigenvalue weighted by Gasteiger charge is -2.06. The number of aromatic nitrogens is 1. The molecular weight excluding hydrogens is 279 g/mol. The molecule has 1 aromatic heterocycles. The predicted octanol–water partition coefficient (Wildman–Crippen LogP) is 4.44. The van der Waals surface area contributed by atoms with Crippen LogP contribution in [0, 0.1) is 13.8 Å². The van der Waals surface area contributed by atoms with E-state index in [1.54, 1.807) is 12.1 Å². The van der Waals surface area contributed by atoms with Gasteiger partial charge in [0.1, 0.15) is 0 Å². The van der Waals surface area contributed by atoms with Crippen molar-refractivity contribution in [3.05, 3.63) is 32.7 Å². The van der Waals surface area contributed by atoms with Gasteiger partial charge in [-0.05, 0) is 19.9 Å². The highest BCUT2D eigenvalue weighted by Crippen LogP contribution is 2.36. The quantitative estimate of drug-likeness (QED) is 0.831. The van der Waals surface area contributed by atoms with Crippen molar-refractivity contribution in [3.63, 3.8) is 0 Å². The van der Waals surface area contributed by atoms with Crippen molar-refractivity contribution in [2.45, 2.75) is 13.8 Å². The van der Waals surface area contributed by atoms with E-state index in [2.05, 4.69) is 4.98 Å². The van der Waals surface area contributed by atoms with Gasteiger partial charge >= 0.3 is 0 Å². The third-order valence-electron chi connectivity index (χ3n) is 2.26. The first-order valence-corrected chi connectivity index (χ1v) is 6.41. The second-order valence-corrected chi connectivity index (χ2v) is 5.51. The van der Waals surface area contributed by atoms with Crippen molar-refractivity contribution in [1.29, 1.82) is 0 Å². The maximum Gasteiger partial charge on any atom is 0.279 e. The average Bonchev–Trinajstić information content (AvgIpc) is 2.55. The molecule has 1 aromatic carbocycles. The molecule has 0 fully saturated rings. The Morgan fingerprint density at radius 1 is 1.24 bits per heavy atom. The fourth-order valence-corrected chi connectivity index (χ4v) is 2.31. The second-order valence-electron chi connectivity index (χ2n) is 3.53. The van der Waals surface area contributed by atoms with E-state index < -0.39 is 0 Å². The van der Waals surface area contributed by atoms with E-state index >= 15 is 0 Å². The van der Waals surface area contributed by atoms with Gasteiger partial charge in [-0.1, -0.05) is 34.5 Å². The Bertz CT molecular complexity index is 549. The van der Waals surface area contributed by atoms with Gasteiger partial charge in [-0.2, -0.15) is 0 Å². The predicted molar refractivity (Wildman–Crippen MR) is 72.5 cm³/mol. The van der Waals surface area contributed by atoms with E-state index in [-0.39, 0.29) is 0 Å². The number of ether oxygens (including phenoxy) is 1. The van der Waals surface area contributed by atoms with E-state index in [0.717, 1.165) is 10.6 Å². The molecular formula is C11H10Cl2N2OS. The van der Waals surface area contributed by atoms with Gasteiger partial charge in [0, 0.05) is 10.9 Å². The van der Waals surface area contributed by atoms with Crippen LogP contribution in [-0.4, -0.2) is 4.98 Å². The number of rotatable bonds is 2. The van der Waals surface area contributed by atoms with Gasteiger partial charge in [0.05, 0.1) is 21.4 Å². The Balaban J connectivity index is 2.33. The number of nitrogen functional groups attached to an aromatic ring is 1. The van der Waals surface area contributed by atoms with Gasteiger partial charge < -0.3 is 10.5 Å². The lowest BCUT2D eigenvalue weighted by molar-refractivity contribution is 0.480. The Hall–Kier alpha value is -0.970. The molecule has 0 aliphatic heterocycles. The first-order valence-electron chi connectivity index (χ1n) is 4.84. The first kappa shape index (κ1) is 12.5. The number of thiazole rings is 1. The lowest BCUT2D eigenvalue weighted by Crippen LogP contribution is -1.92. The summed E-state index contributed by atoms with van der Waals surface area (Å²) in [7, 11) is 0. The summed E-state index contributed by atoms with van der Waals surface area (Å²) in [5.74, 6) is 0.466. The van der Waals surface area contributed by atoms with Gasteiger partial charge in [-0.15, -0.1) is 0 Å². The molecule has 0 unspecified atom stereocenters. The summed E-state index contributed by atoms with van der Waals surface area (Å²) in [6.45, 7) is 3.91. The van der Waals surface area contributed by atoms with Crippen molar-refractivity contribution in [3.8, 4) is 10.9 Å². The Morgan fingerprint density at radius 2 is 1.88 bits per heavy atom. The van der Waals surface area contributed by atoms with Crippen molar-refractivity contribution >= 4 is 40.2 Å². The Kier molecular flexibility index (Phi) is 3.47.